The lowest BCUT2D eigenvalue weighted by molar-refractivity contribution is -0.124. The van der Waals surface area contributed by atoms with E-state index in [9.17, 15) is 4.79 Å². The van der Waals surface area contributed by atoms with Gasteiger partial charge in [-0.3, -0.25) is 4.79 Å². The highest BCUT2D eigenvalue weighted by molar-refractivity contribution is 5.85. The maximum atomic E-state index is 11.9. The minimum Gasteiger partial charge on any atom is -0.368 e. The van der Waals surface area contributed by atoms with Crippen LogP contribution in [0.15, 0.2) is 0 Å². The minimum absolute atomic E-state index is 0.188. The normalized spacial score (nSPS) is 30.6. The van der Waals surface area contributed by atoms with Crippen molar-refractivity contribution in [3.8, 4) is 0 Å². The van der Waals surface area contributed by atoms with Crippen LogP contribution in [-0.2, 0) is 4.79 Å². The Labute approximate surface area is 129 Å². The molecule has 0 aromatic carbocycles. The number of carbonyl (C=O) groups is 1. The number of carbonyl (C=O) groups excluding carboxylic acids is 1. The van der Waals surface area contributed by atoms with E-state index in [1.165, 1.54) is 25.9 Å². The number of nitrogens with two attached hydrogens (primary N) is 1. The van der Waals surface area contributed by atoms with Crippen molar-refractivity contribution in [2.45, 2.75) is 63.6 Å². The van der Waals surface area contributed by atoms with E-state index in [1.807, 2.05) is 0 Å². The molecule has 1 aliphatic heterocycles. The predicted octanol–water partition coefficient (Wildman–Crippen LogP) is 0.789. The second-order valence-electron chi connectivity index (χ2n) is 7.17. The second-order valence-corrected chi connectivity index (χ2v) is 7.17. The van der Waals surface area contributed by atoms with E-state index >= 15 is 0 Å². The van der Waals surface area contributed by atoms with Crippen molar-refractivity contribution in [1.29, 1.82) is 0 Å². The van der Waals surface area contributed by atoms with Crippen molar-refractivity contribution in [2.75, 3.05) is 33.2 Å². The Kier molecular flexibility index (Phi) is 5.63. The summed E-state index contributed by atoms with van der Waals surface area (Å²) in [6.45, 7) is 8.89. The Balaban J connectivity index is 1.85. The zero-order valence-electron chi connectivity index (χ0n) is 13.9. The van der Waals surface area contributed by atoms with Crippen molar-refractivity contribution in [2.24, 2.45) is 5.73 Å². The lowest BCUT2D eigenvalue weighted by atomic mass is 9.95. The predicted molar refractivity (Wildman–Crippen MR) is 86.1 cm³/mol. The third-order valence-electron chi connectivity index (χ3n) is 5.12. The summed E-state index contributed by atoms with van der Waals surface area (Å²) in [7, 11) is 2.19. The van der Waals surface area contributed by atoms with Crippen molar-refractivity contribution in [1.82, 2.24) is 15.1 Å². The largest absolute Gasteiger partial charge is 0.368 e. The van der Waals surface area contributed by atoms with Crippen LogP contribution in [0.1, 0.15) is 46.0 Å². The van der Waals surface area contributed by atoms with Crippen LogP contribution in [0.2, 0.25) is 0 Å². The molecule has 3 N–H and O–H groups in total. The van der Waals surface area contributed by atoms with Gasteiger partial charge in [-0.05, 0) is 66.1 Å². The maximum absolute atomic E-state index is 11.9. The van der Waals surface area contributed by atoms with Gasteiger partial charge in [-0.1, -0.05) is 0 Å². The van der Waals surface area contributed by atoms with Crippen LogP contribution >= 0.6 is 0 Å². The van der Waals surface area contributed by atoms with Crippen molar-refractivity contribution in [3.63, 3.8) is 0 Å². The lowest BCUT2D eigenvalue weighted by Crippen LogP contribution is -2.56. The molecule has 2 rings (SSSR count). The molecule has 0 spiro atoms. The van der Waals surface area contributed by atoms with Gasteiger partial charge in [-0.25, -0.2) is 0 Å². The second kappa shape index (κ2) is 7.07. The van der Waals surface area contributed by atoms with Crippen molar-refractivity contribution >= 4 is 5.91 Å². The molecule has 5 nitrogen and oxygen atoms in total. The van der Waals surface area contributed by atoms with E-state index in [4.69, 9.17) is 5.73 Å². The van der Waals surface area contributed by atoms with Crippen LogP contribution in [0.5, 0.6) is 0 Å². The quantitative estimate of drug-likeness (QED) is 0.729. The Morgan fingerprint density at radius 1 is 1.43 bits per heavy atom. The summed E-state index contributed by atoms with van der Waals surface area (Å²) < 4.78 is 0. The average Bonchev–Trinajstić information content (AvgIpc) is 3.05. The van der Waals surface area contributed by atoms with E-state index in [2.05, 4.69) is 36.0 Å². The Morgan fingerprint density at radius 3 is 2.67 bits per heavy atom. The van der Waals surface area contributed by atoms with Gasteiger partial charge in [0.25, 0.3) is 0 Å². The molecular formula is C16H32N4O. The van der Waals surface area contributed by atoms with Crippen LogP contribution in [0.4, 0.5) is 0 Å². The Bertz CT molecular complexity index is 354. The first kappa shape index (κ1) is 16.7. The highest BCUT2D eigenvalue weighted by atomic mass is 16.1. The molecule has 0 aromatic rings. The zero-order valence-corrected chi connectivity index (χ0v) is 13.9. The van der Waals surface area contributed by atoms with Gasteiger partial charge in [0.05, 0.1) is 5.54 Å². The summed E-state index contributed by atoms with van der Waals surface area (Å²) in [4.78, 5) is 16.9. The summed E-state index contributed by atoms with van der Waals surface area (Å²) in [6.07, 6.45) is 5.45. The molecule has 0 aromatic heterocycles. The minimum atomic E-state index is -0.499. The molecule has 1 heterocycles. The molecule has 2 fully saturated rings. The van der Waals surface area contributed by atoms with Crippen molar-refractivity contribution in [3.05, 3.63) is 0 Å². The number of nitrogens with zero attached hydrogens (tertiary/aromatic N) is 2. The first-order valence-electron chi connectivity index (χ1n) is 8.43. The van der Waals surface area contributed by atoms with Gasteiger partial charge in [-0.15, -0.1) is 0 Å². The molecule has 5 heteroatoms. The van der Waals surface area contributed by atoms with Gasteiger partial charge in [0.1, 0.15) is 0 Å². The molecule has 122 valence electrons. The number of amides is 1. The third kappa shape index (κ3) is 4.18. The Morgan fingerprint density at radius 2 is 2.10 bits per heavy atom. The highest BCUT2D eigenvalue weighted by Crippen LogP contribution is 2.33. The van der Waals surface area contributed by atoms with Crippen LogP contribution < -0.4 is 11.1 Å². The van der Waals surface area contributed by atoms with E-state index in [1.54, 1.807) is 0 Å². The number of likely N-dealkylation sites (tertiary alicyclic amines) is 1. The topological polar surface area (TPSA) is 61.6 Å². The molecule has 1 amide bonds. The van der Waals surface area contributed by atoms with Gasteiger partial charge < -0.3 is 20.9 Å². The fraction of sp³-hybridized carbons (Fsp3) is 0.938. The van der Waals surface area contributed by atoms with Gasteiger partial charge >= 0.3 is 0 Å². The summed E-state index contributed by atoms with van der Waals surface area (Å²) >= 11 is 0. The number of hydrogen-bond acceptors (Lipinski definition) is 4. The summed E-state index contributed by atoms with van der Waals surface area (Å²) in [6, 6.07) is 0.748. The maximum Gasteiger partial charge on any atom is 0.237 e. The van der Waals surface area contributed by atoms with Gasteiger partial charge in [0.15, 0.2) is 0 Å². The molecule has 0 radical (unpaired) electrons. The standard InChI is InChI=1S/C16H32N4O/c1-13(2)18-16(15(17)21)7-6-14(12-16)19(3)10-11-20-8-4-5-9-20/h13-14,18H,4-12H2,1-3H3,(H2,17,21). The van der Waals surface area contributed by atoms with Crippen LogP contribution in [0, 0.1) is 0 Å². The molecule has 1 saturated heterocycles. The number of rotatable bonds is 7. The van der Waals surface area contributed by atoms with E-state index in [-0.39, 0.29) is 11.9 Å². The van der Waals surface area contributed by atoms with E-state index in [0.29, 0.717) is 6.04 Å². The number of nitrogens with one attached hydrogen (secondary N) is 1. The number of hydrogen-bond donors (Lipinski definition) is 2. The zero-order chi connectivity index (χ0) is 15.5. The lowest BCUT2D eigenvalue weighted by Gasteiger charge is -2.32. The Hall–Kier alpha value is -0.650. The monoisotopic (exact) mass is 296 g/mol. The fourth-order valence-corrected chi connectivity index (χ4v) is 3.86. The molecule has 1 saturated carbocycles. The first-order valence-corrected chi connectivity index (χ1v) is 8.43. The van der Waals surface area contributed by atoms with Crippen LogP contribution in [0.25, 0.3) is 0 Å². The molecular weight excluding hydrogens is 264 g/mol. The van der Waals surface area contributed by atoms with Gasteiger partial charge in [0, 0.05) is 25.2 Å². The van der Waals surface area contributed by atoms with Crippen molar-refractivity contribution < 1.29 is 4.79 Å². The average molecular weight is 296 g/mol. The molecule has 2 atom stereocenters. The van der Waals surface area contributed by atoms with E-state index in [0.717, 1.165) is 32.4 Å². The molecule has 1 aliphatic carbocycles. The summed E-state index contributed by atoms with van der Waals surface area (Å²) in [5.74, 6) is -0.188. The van der Waals surface area contributed by atoms with Crippen LogP contribution in [0.3, 0.4) is 0 Å². The van der Waals surface area contributed by atoms with Gasteiger partial charge in [0.2, 0.25) is 5.91 Å². The molecule has 21 heavy (non-hydrogen) atoms. The van der Waals surface area contributed by atoms with Crippen LogP contribution in [-0.4, -0.2) is 66.6 Å². The van der Waals surface area contributed by atoms with Gasteiger partial charge in [-0.2, -0.15) is 0 Å². The smallest absolute Gasteiger partial charge is 0.237 e. The summed E-state index contributed by atoms with van der Waals surface area (Å²) in [5, 5.41) is 3.43. The first-order chi connectivity index (χ1) is 9.93. The fourth-order valence-electron chi connectivity index (χ4n) is 3.86. The number of primary amides is 1. The SMILES string of the molecule is CC(C)NC1(C(N)=O)CCC(N(C)CCN2CCCC2)C1. The molecule has 0 bridgehead atoms. The van der Waals surface area contributed by atoms with E-state index < -0.39 is 5.54 Å². The summed E-state index contributed by atoms with van der Waals surface area (Å²) in [5.41, 5.74) is 5.19. The number of likely N-dealkylation sites (N-methyl/N-ethyl adjacent to an activating group) is 1. The third-order valence-corrected chi connectivity index (χ3v) is 5.12. The molecule has 2 aliphatic rings. The highest BCUT2D eigenvalue weighted by Gasteiger charge is 2.45. The molecule has 2 unspecified atom stereocenters.